The standard InChI is InChI=1S/C35H35F4N5O2/c1-4-23-26(36)9-6-19-12-22(45)13-24(29(19)23)30-27(37)14-25-32(31(30)39)41-34(42-33(25)44-15-20-7-8-21(16-44)40-20)46-18-35(3)17-43(5-2)11-10-28(35)38/h1,6,9,12-14,20-21,28,40,45H,5,7-8,10-11,15-18H2,2-3H3/t20-,21+,28?,35?. The molecule has 1 aromatic heterocycles. The van der Waals surface area contributed by atoms with Crippen molar-refractivity contribution in [3.8, 4) is 35.2 Å². The summed E-state index contributed by atoms with van der Waals surface area (Å²) in [6.45, 7) is 6.86. The molecule has 4 atom stereocenters. The number of fused-ring (bicyclic) bond motifs is 4. The van der Waals surface area contributed by atoms with Crippen molar-refractivity contribution in [1.82, 2.24) is 20.2 Å². The van der Waals surface area contributed by atoms with Gasteiger partial charge in [-0.1, -0.05) is 25.8 Å². The van der Waals surface area contributed by atoms with Gasteiger partial charge in [0.15, 0.2) is 5.82 Å². The third-order valence-corrected chi connectivity index (χ3v) is 9.84. The topological polar surface area (TPSA) is 73.8 Å². The van der Waals surface area contributed by atoms with E-state index in [2.05, 4.69) is 26.1 Å². The third kappa shape index (κ3) is 5.17. The number of aromatic nitrogens is 2. The summed E-state index contributed by atoms with van der Waals surface area (Å²) >= 11 is 0. The lowest BCUT2D eigenvalue weighted by atomic mass is 9.81. The van der Waals surface area contributed by atoms with Crippen molar-refractivity contribution in [3.05, 3.63) is 53.3 Å². The van der Waals surface area contributed by atoms with Gasteiger partial charge in [0.1, 0.15) is 41.5 Å². The van der Waals surface area contributed by atoms with Crippen molar-refractivity contribution >= 4 is 27.5 Å². The van der Waals surface area contributed by atoms with E-state index in [0.29, 0.717) is 43.8 Å². The van der Waals surface area contributed by atoms with Crippen molar-refractivity contribution in [3.63, 3.8) is 0 Å². The van der Waals surface area contributed by atoms with Gasteiger partial charge in [-0.3, -0.25) is 0 Å². The maximum absolute atomic E-state index is 16.8. The molecule has 3 fully saturated rings. The van der Waals surface area contributed by atoms with Gasteiger partial charge in [-0.05, 0) is 55.5 Å². The smallest absolute Gasteiger partial charge is 0.319 e. The van der Waals surface area contributed by atoms with Crippen LogP contribution in [0.15, 0.2) is 30.3 Å². The Kier molecular flexibility index (Phi) is 7.68. The van der Waals surface area contributed by atoms with Crippen LogP contribution in [0.2, 0.25) is 0 Å². The van der Waals surface area contributed by atoms with Crippen LogP contribution in [0.25, 0.3) is 32.8 Å². The van der Waals surface area contributed by atoms with E-state index in [1.807, 2.05) is 18.7 Å². The van der Waals surface area contributed by atoms with Crippen LogP contribution in [0, 0.1) is 35.2 Å². The van der Waals surface area contributed by atoms with E-state index in [-0.39, 0.29) is 57.9 Å². The minimum Gasteiger partial charge on any atom is -0.508 e. The molecular formula is C35H35F4N5O2. The summed E-state index contributed by atoms with van der Waals surface area (Å²) in [5.74, 6) is -0.389. The quantitative estimate of drug-likeness (QED) is 0.201. The summed E-state index contributed by atoms with van der Waals surface area (Å²) in [7, 11) is 0. The summed E-state index contributed by atoms with van der Waals surface area (Å²) in [6, 6.07) is 6.46. The van der Waals surface area contributed by atoms with Crippen molar-refractivity contribution in [2.45, 2.75) is 51.4 Å². The second-order valence-electron chi connectivity index (χ2n) is 13.0. The van der Waals surface area contributed by atoms with E-state index >= 15 is 13.2 Å². The van der Waals surface area contributed by atoms with Crippen molar-refractivity contribution in [2.24, 2.45) is 5.41 Å². The zero-order chi connectivity index (χ0) is 32.3. The Morgan fingerprint density at radius 1 is 1.09 bits per heavy atom. The number of anilines is 1. The van der Waals surface area contributed by atoms with E-state index in [1.54, 1.807) is 0 Å². The molecule has 0 saturated carbocycles. The molecule has 2 bridgehead atoms. The van der Waals surface area contributed by atoms with E-state index in [0.717, 1.165) is 31.5 Å². The van der Waals surface area contributed by atoms with Gasteiger partial charge in [0, 0.05) is 60.0 Å². The molecule has 2 unspecified atom stereocenters. The van der Waals surface area contributed by atoms with Gasteiger partial charge in [-0.15, -0.1) is 6.42 Å². The maximum Gasteiger partial charge on any atom is 0.319 e. The first-order valence-electron chi connectivity index (χ1n) is 15.7. The molecule has 0 spiro atoms. The number of ether oxygens (including phenoxy) is 1. The molecule has 0 radical (unpaired) electrons. The van der Waals surface area contributed by atoms with Crippen molar-refractivity contribution < 1.29 is 27.4 Å². The zero-order valence-corrected chi connectivity index (χ0v) is 25.7. The average Bonchev–Trinajstić information content (AvgIpc) is 3.38. The Balaban J connectivity index is 1.40. The predicted molar refractivity (Wildman–Crippen MR) is 169 cm³/mol. The molecule has 3 saturated heterocycles. The number of halogens is 4. The number of hydrogen-bond acceptors (Lipinski definition) is 7. The van der Waals surface area contributed by atoms with Crippen molar-refractivity contribution in [1.29, 1.82) is 0 Å². The lowest BCUT2D eigenvalue weighted by Gasteiger charge is -2.42. The lowest BCUT2D eigenvalue weighted by molar-refractivity contribution is -0.0154. The zero-order valence-electron chi connectivity index (χ0n) is 25.7. The Bertz CT molecular complexity index is 1890. The van der Waals surface area contributed by atoms with Crippen LogP contribution in [-0.4, -0.2) is 77.6 Å². The van der Waals surface area contributed by atoms with Gasteiger partial charge >= 0.3 is 6.01 Å². The van der Waals surface area contributed by atoms with Crippen LogP contribution in [0.3, 0.4) is 0 Å². The number of benzene rings is 3. The molecule has 7 rings (SSSR count). The number of rotatable bonds is 6. The number of piperazine rings is 1. The Hall–Kier alpha value is -4.14. The molecule has 4 aromatic rings. The third-order valence-electron chi connectivity index (χ3n) is 9.84. The van der Waals surface area contributed by atoms with Crippen LogP contribution in [0.5, 0.6) is 11.8 Å². The van der Waals surface area contributed by atoms with Crippen molar-refractivity contribution in [2.75, 3.05) is 44.2 Å². The highest BCUT2D eigenvalue weighted by Gasteiger charge is 2.41. The second kappa shape index (κ2) is 11.6. The molecule has 11 heteroatoms. The fraction of sp³-hybridized carbons (Fsp3) is 0.429. The fourth-order valence-corrected chi connectivity index (χ4v) is 7.41. The number of phenols is 1. The molecule has 7 nitrogen and oxygen atoms in total. The molecular weight excluding hydrogens is 598 g/mol. The number of nitrogens with one attached hydrogen (secondary N) is 1. The Morgan fingerprint density at radius 2 is 1.85 bits per heavy atom. The van der Waals surface area contributed by atoms with Gasteiger partial charge in [0.2, 0.25) is 0 Å². The number of likely N-dealkylation sites (tertiary alicyclic amines) is 1. The SMILES string of the molecule is C#Cc1c(F)ccc2cc(O)cc(-c3c(F)cc4c(N5C[C@H]6CC[C@@H](C5)N6)nc(OCC5(C)CN(CC)CCC5F)nc4c3F)c12. The summed E-state index contributed by atoms with van der Waals surface area (Å²) in [5, 5.41) is 14.6. The Morgan fingerprint density at radius 3 is 2.57 bits per heavy atom. The summed E-state index contributed by atoms with van der Waals surface area (Å²) < 4.78 is 69.2. The van der Waals surface area contributed by atoms with Crippen LogP contribution < -0.4 is 15.0 Å². The van der Waals surface area contributed by atoms with E-state index < -0.39 is 34.6 Å². The van der Waals surface area contributed by atoms with E-state index in [9.17, 15) is 9.50 Å². The number of aromatic hydroxyl groups is 1. The number of piperidine rings is 1. The molecule has 240 valence electrons. The largest absolute Gasteiger partial charge is 0.508 e. The monoisotopic (exact) mass is 633 g/mol. The van der Waals surface area contributed by atoms with Gasteiger partial charge in [-0.2, -0.15) is 9.97 Å². The number of alkyl halides is 1. The first kappa shape index (κ1) is 30.5. The van der Waals surface area contributed by atoms with Crippen LogP contribution >= 0.6 is 0 Å². The highest BCUT2D eigenvalue weighted by atomic mass is 19.1. The fourth-order valence-electron chi connectivity index (χ4n) is 7.41. The highest BCUT2D eigenvalue weighted by molar-refractivity contribution is 6.04. The first-order valence-corrected chi connectivity index (χ1v) is 15.7. The molecule has 3 aliphatic heterocycles. The lowest BCUT2D eigenvalue weighted by Crippen LogP contribution is -2.51. The predicted octanol–water partition coefficient (Wildman–Crippen LogP) is 5.94. The number of phenolic OH excluding ortho intramolecular Hbond substituents is 1. The van der Waals surface area contributed by atoms with Gasteiger partial charge in [0.25, 0.3) is 0 Å². The highest BCUT2D eigenvalue weighted by Crippen LogP contribution is 2.42. The summed E-state index contributed by atoms with van der Waals surface area (Å²) in [5.41, 5.74) is -1.87. The average molecular weight is 634 g/mol. The second-order valence-corrected chi connectivity index (χ2v) is 13.0. The normalized spacial score (nSPS) is 24.9. The van der Waals surface area contributed by atoms with E-state index in [1.165, 1.54) is 18.2 Å². The van der Waals surface area contributed by atoms with E-state index in [4.69, 9.17) is 11.2 Å². The Labute approximate surface area is 264 Å². The van der Waals surface area contributed by atoms with Crippen LogP contribution in [0.4, 0.5) is 23.4 Å². The molecule has 2 N–H and O–H groups in total. The van der Waals surface area contributed by atoms with Gasteiger partial charge < -0.3 is 25.0 Å². The molecule has 46 heavy (non-hydrogen) atoms. The van der Waals surface area contributed by atoms with Gasteiger partial charge in [0.05, 0.1) is 11.1 Å². The number of terminal acetylenes is 1. The summed E-state index contributed by atoms with van der Waals surface area (Å²) in [4.78, 5) is 13.2. The maximum atomic E-state index is 16.8. The molecule has 0 aliphatic carbocycles. The minimum absolute atomic E-state index is 0.0416. The van der Waals surface area contributed by atoms with Gasteiger partial charge in [-0.25, -0.2) is 17.6 Å². The summed E-state index contributed by atoms with van der Waals surface area (Å²) in [6.07, 6.45) is 6.85. The molecule has 4 heterocycles. The van der Waals surface area contributed by atoms with Crippen LogP contribution in [-0.2, 0) is 0 Å². The number of nitrogens with zero attached hydrogens (tertiary/aromatic N) is 4. The molecule has 0 amide bonds. The molecule has 3 aliphatic rings. The van der Waals surface area contributed by atoms with Crippen LogP contribution in [0.1, 0.15) is 38.7 Å². The molecule has 3 aromatic carbocycles. The minimum atomic E-state index is -1.11. The number of hydrogen-bond donors (Lipinski definition) is 2. The first-order chi connectivity index (χ1) is 22.1.